The lowest BCUT2D eigenvalue weighted by molar-refractivity contribution is 0.160. The fraction of sp³-hybridized carbons (Fsp3) is 0.615. The Hall–Kier alpha value is -0.670. The number of hydrogen-bond acceptors (Lipinski definition) is 3. The van der Waals surface area contributed by atoms with E-state index in [2.05, 4.69) is 11.6 Å². The van der Waals surface area contributed by atoms with E-state index in [9.17, 15) is 5.11 Å². The standard InChI is InChI=1S/C13H21NOS/c1-3-4-5-6-7-8-13(15)9-12-10-16-11(2)14-12/h3,10,13,15H,1,4-9H2,2H3. The van der Waals surface area contributed by atoms with Crippen LogP contribution in [0.15, 0.2) is 18.0 Å². The maximum atomic E-state index is 9.81. The topological polar surface area (TPSA) is 33.1 Å². The molecule has 0 amide bonds. The van der Waals surface area contributed by atoms with Crippen molar-refractivity contribution in [1.82, 2.24) is 4.98 Å². The lowest BCUT2D eigenvalue weighted by Gasteiger charge is -2.08. The van der Waals surface area contributed by atoms with E-state index in [4.69, 9.17) is 0 Å². The summed E-state index contributed by atoms with van der Waals surface area (Å²) in [4.78, 5) is 4.35. The largest absolute Gasteiger partial charge is 0.393 e. The molecule has 1 aromatic rings. The quantitative estimate of drug-likeness (QED) is 0.556. The highest BCUT2D eigenvalue weighted by atomic mass is 32.1. The van der Waals surface area contributed by atoms with Gasteiger partial charge in [0.15, 0.2) is 0 Å². The minimum Gasteiger partial charge on any atom is -0.393 e. The van der Waals surface area contributed by atoms with Crippen molar-refractivity contribution >= 4 is 11.3 Å². The number of nitrogens with zero attached hydrogens (tertiary/aromatic N) is 1. The Bertz CT molecular complexity index is 309. The molecular formula is C13H21NOS. The van der Waals surface area contributed by atoms with Crippen LogP contribution in [-0.4, -0.2) is 16.2 Å². The van der Waals surface area contributed by atoms with Crippen LogP contribution in [0.4, 0.5) is 0 Å². The maximum Gasteiger partial charge on any atom is 0.0897 e. The number of aliphatic hydroxyl groups is 1. The number of aromatic nitrogens is 1. The lowest BCUT2D eigenvalue weighted by atomic mass is 10.1. The van der Waals surface area contributed by atoms with Gasteiger partial charge in [0.25, 0.3) is 0 Å². The van der Waals surface area contributed by atoms with Crippen molar-refractivity contribution in [3.63, 3.8) is 0 Å². The van der Waals surface area contributed by atoms with E-state index < -0.39 is 0 Å². The molecule has 1 unspecified atom stereocenters. The molecule has 1 rings (SSSR count). The van der Waals surface area contributed by atoms with Crippen molar-refractivity contribution in [3.05, 3.63) is 28.7 Å². The summed E-state index contributed by atoms with van der Waals surface area (Å²) in [6.45, 7) is 5.69. The third-order valence-electron chi connectivity index (χ3n) is 2.56. The van der Waals surface area contributed by atoms with Crippen molar-refractivity contribution < 1.29 is 5.11 Å². The molecular weight excluding hydrogens is 218 g/mol. The van der Waals surface area contributed by atoms with Gasteiger partial charge in [0.1, 0.15) is 0 Å². The van der Waals surface area contributed by atoms with Crippen LogP contribution in [0.5, 0.6) is 0 Å². The Morgan fingerprint density at radius 2 is 2.31 bits per heavy atom. The molecule has 16 heavy (non-hydrogen) atoms. The SMILES string of the molecule is C=CCCCCCC(O)Cc1csc(C)n1. The van der Waals surface area contributed by atoms with Gasteiger partial charge in [-0.15, -0.1) is 17.9 Å². The van der Waals surface area contributed by atoms with E-state index in [1.54, 1.807) is 11.3 Å². The van der Waals surface area contributed by atoms with Gasteiger partial charge in [-0.1, -0.05) is 18.9 Å². The number of unbranched alkanes of at least 4 members (excludes halogenated alkanes) is 3. The average molecular weight is 239 g/mol. The van der Waals surface area contributed by atoms with E-state index in [0.29, 0.717) is 6.42 Å². The molecule has 0 spiro atoms. The number of allylic oxidation sites excluding steroid dienone is 1. The van der Waals surface area contributed by atoms with Gasteiger partial charge >= 0.3 is 0 Å². The molecule has 0 fully saturated rings. The first-order valence-electron chi connectivity index (χ1n) is 5.92. The molecule has 1 heterocycles. The molecule has 3 heteroatoms. The molecule has 0 saturated carbocycles. The van der Waals surface area contributed by atoms with Gasteiger partial charge in [0.2, 0.25) is 0 Å². The summed E-state index contributed by atoms with van der Waals surface area (Å²) in [6, 6.07) is 0. The molecule has 0 bridgehead atoms. The summed E-state index contributed by atoms with van der Waals surface area (Å²) < 4.78 is 0. The minimum atomic E-state index is -0.231. The predicted molar refractivity (Wildman–Crippen MR) is 69.8 cm³/mol. The Morgan fingerprint density at radius 3 is 2.94 bits per heavy atom. The fourth-order valence-electron chi connectivity index (χ4n) is 1.69. The third-order valence-corrected chi connectivity index (χ3v) is 3.38. The van der Waals surface area contributed by atoms with Crippen LogP contribution in [-0.2, 0) is 6.42 Å². The van der Waals surface area contributed by atoms with Gasteiger partial charge in [-0.3, -0.25) is 0 Å². The van der Waals surface area contributed by atoms with Gasteiger partial charge in [0.05, 0.1) is 16.8 Å². The van der Waals surface area contributed by atoms with Gasteiger partial charge in [-0.05, 0) is 26.2 Å². The summed E-state index contributed by atoms with van der Waals surface area (Å²) in [7, 11) is 0. The van der Waals surface area contributed by atoms with Crippen LogP contribution in [0.3, 0.4) is 0 Å². The monoisotopic (exact) mass is 239 g/mol. The molecule has 90 valence electrons. The highest BCUT2D eigenvalue weighted by molar-refractivity contribution is 7.09. The first-order chi connectivity index (χ1) is 7.72. The number of aliphatic hydroxyl groups excluding tert-OH is 1. The van der Waals surface area contributed by atoms with Gasteiger partial charge in [-0.25, -0.2) is 4.98 Å². The van der Waals surface area contributed by atoms with Crippen LogP contribution in [0, 0.1) is 6.92 Å². The summed E-state index contributed by atoms with van der Waals surface area (Å²) in [5.41, 5.74) is 1.03. The van der Waals surface area contributed by atoms with E-state index >= 15 is 0 Å². The number of hydrogen-bond donors (Lipinski definition) is 1. The van der Waals surface area contributed by atoms with Crippen LogP contribution in [0.25, 0.3) is 0 Å². The Balaban J connectivity index is 2.11. The number of aryl methyl sites for hydroxylation is 1. The van der Waals surface area contributed by atoms with Gasteiger partial charge in [-0.2, -0.15) is 0 Å². The van der Waals surface area contributed by atoms with Crippen LogP contribution >= 0.6 is 11.3 Å². The molecule has 0 aromatic carbocycles. The smallest absolute Gasteiger partial charge is 0.0897 e. The van der Waals surface area contributed by atoms with Crippen LogP contribution in [0.2, 0.25) is 0 Å². The first kappa shape index (κ1) is 13.4. The molecule has 0 radical (unpaired) electrons. The molecule has 1 N–H and O–H groups in total. The number of thiazole rings is 1. The predicted octanol–water partition coefficient (Wildman–Crippen LogP) is 3.49. The Labute approximate surface area is 102 Å². The lowest BCUT2D eigenvalue weighted by Crippen LogP contribution is -2.10. The Morgan fingerprint density at radius 1 is 1.50 bits per heavy atom. The summed E-state index contributed by atoms with van der Waals surface area (Å²) in [6.07, 6.45) is 7.85. The molecule has 1 aromatic heterocycles. The second-order valence-electron chi connectivity index (χ2n) is 4.14. The normalized spacial score (nSPS) is 12.6. The molecule has 2 nitrogen and oxygen atoms in total. The average Bonchev–Trinajstić information content (AvgIpc) is 2.63. The fourth-order valence-corrected chi connectivity index (χ4v) is 2.32. The van der Waals surface area contributed by atoms with Crippen molar-refractivity contribution in [3.8, 4) is 0 Å². The molecule has 0 aliphatic heterocycles. The summed E-state index contributed by atoms with van der Waals surface area (Å²) in [5, 5.41) is 12.9. The molecule has 1 atom stereocenters. The molecule has 0 saturated heterocycles. The third kappa shape index (κ3) is 5.42. The zero-order valence-electron chi connectivity index (χ0n) is 9.98. The molecule has 0 aliphatic rings. The minimum absolute atomic E-state index is 0.231. The highest BCUT2D eigenvalue weighted by Gasteiger charge is 2.07. The maximum absolute atomic E-state index is 9.81. The molecule has 0 aliphatic carbocycles. The second kappa shape index (κ2) is 7.58. The summed E-state index contributed by atoms with van der Waals surface area (Å²) >= 11 is 1.65. The van der Waals surface area contributed by atoms with E-state index in [0.717, 1.165) is 30.0 Å². The van der Waals surface area contributed by atoms with E-state index in [-0.39, 0.29) is 6.10 Å². The van der Waals surface area contributed by atoms with Crippen molar-refractivity contribution in [2.24, 2.45) is 0 Å². The van der Waals surface area contributed by atoms with E-state index in [1.807, 2.05) is 18.4 Å². The van der Waals surface area contributed by atoms with Crippen LogP contribution < -0.4 is 0 Å². The Kier molecular flexibility index (Phi) is 6.34. The second-order valence-corrected chi connectivity index (χ2v) is 5.20. The zero-order chi connectivity index (χ0) is 11.8. The first-order valence-corrected chi connectivity index (χ1v) is 6.80. The summed E-state index contributed by atoms with van der Waals surface area (Å²) in [5.74, 6) is 0. The van der Waals surface area contributed by atoms with Gasteiger partial charge in [0, 0.05) is 11.8 Å². The van der Waals surface area contributed by atoms with Crippen molar-refractivity contribution in [1.29, 1.82) is 0 Å². The van der Waals surface area contributed by atoms with Crippen LogP contribution in [0.1, 0.15) is 42.8 Å². The van der Waals surface area contributed by atoms with Crippen molar-refractivity contribution in [2.75, 3.05) is 0 Å². The van der Waals surface area contributed by atoms with Gasteiger partial charge < -0.3 is 5.11 Å². The zero-order valence-corrected chi connectivity index (χ0v) is 10.8. The highest BCUT2D eigenvalue weighted by Crippen LogP contribution is 2.13. The van der Waals surface area contributed by atoms with E-state index in [1.165, 1.54) is 12.8 Å². The van der Waals surface area contributed by atoms with Crippen molar-refractivity contribution in [2.45, 2.75) is 51.6 Å². The number of rotatable bonds is 8.